The van der Waals surface area contributed by atoms with Gasteiger partial charge in [0.2, 0.25) is 5.91 Å². The summed E-state index contributed by atoms with van der Waals surface area (Å²) in [6.45, 7) is 2.93. The number of anilines is 1. The van der Waals surface area contributed by atoms with Gasteiger partial charge in [0.05, 0.1) is 25.2 Å². The first-order valence-corrected chi connectivity index (χ1v) is 8.81. The fourth-order valence-corrected chi connectivity index (χ4v) is 3.08. The third kappa shape index (κ3) is 5.74. The lowest BCUT2D eigenvalue weighted by Crippen LogP contribution is -2.14. The summed E-state index contributed by atoms with van der Waals surface area (Å²) in [7, 11) is 1.64. The number of carbonyl (C=O) groups is 1. The van der Waals surface area contributed by atoms with Crippen molar-refractivity contribution in [1.82, 2.24) is 0 Å². The van der Waals surface area contributed by atoms with E-state index in [1.807, 2.05) is 43.3 Å². The molecule has 128 valence electrons. The molecule has 0 atom stereocenters. The van der Waals surface area contributed by atoms with Crippen molar-refractivity contribution in [2.24, 2.45) is 0 Å². The Morgan fingerprint density at radius 2 is 1.96 bits per heavy atom. The second-order valence-electron chi connectivity index (χ2n) is 4.92. The number of amides is 1. The first kappa shape index (κ1) is 18.6. The molecule has 0 aliphatic heterocycles. The molecular formula is C18H20ClNO3S. The van der Waals surface area contributed by atoms with Gasteiger partial charge >= 0.3 is 0 Å². The Morgan fingerprint density at radius 1 is 1.21 bits per heavy atom. The summed E-state index contributed by atoms with van der Waals surface area (Å²) in [5.41, 5.74) is 0.681. The van der Waals surface area contributed by atoms with Gasteiger partial charge in [-0.25, -0.2) is 0 Å². The molecule has 4 nitrogen and oxygen atoms in total. The molecule has 1 N–H and O–H groups in total. The van der Waals surface area contributed by atoms with Crippen LogP contribution >= 0.6 is 23.4 Å². The van der Waals surface area contributed by atoms with Gasteiger partial charge in [-0.3, -0.25) is 4.79 Å². The molecule has 2 aromatic carbocycles. The van der Waals surface area contributed by atoms with E-state index in [9.17, 15) is 4.79 Å². The summed E-state index contributed by atoms with van der Waals surface area (Å²) in [4.78, 5) is 13.8. The highest BCUT2D eigenvalue weighted by Crippen LogP contribution is 2.35. The van der Waals surface area contributed by atoms with Gasteiger partial charge in [0.1, 0.15) is 5.75 Å². The molecule has 1 amide bonds. The fourth-order valence-electron chi connectivity index (χ4n) is 1.96. The molecule has 2 aromatic rings. The third-order valence-corrected chi connectivity index (χ3v) is 4.69. The average Bonchev–Trinajstić information content (AvgIpc) is 2.58. The Labute approximate surface area is 151 Å². The number of nitrogens with one attached hydrogen (secondary N) is 1. The van der Waals surface area contributed by atoms with Crippen molar-refractivity contribution in [2.75, 3.05) is 25.6 Å². The van der Waals surface area contributed by atoms with E-state index < -0.39 is 0 Å². The molecular weight excluding hydrogens is 346 g/mol. The van der Waals surface area contributed by atoms with Gasteiger partial charge in [0.15, 0.2) is 0 Å². The summed E-state index contributed by atoms with van der Waals surface area (Å²) in [6, 6.07) is 13.3. The number of rotatable bonds is 8. The van der Waals surface area contributed by atoms with E-state index in [2.05, 4.69) is 5.32 Å². The molecule has 0 radical (unpaired) electrons. The van der Waals surface area contributed by atoms with Crippen LogP contribution in [0.25, 0.3) is 0 Å². The van der Waals surface area contributed by atoms with Crippen molar-refractivity contribution in [3.05, 3.63) is 47.5 Å². The van der Waals surface area contributed by atoms with Gasteiger partial charge in [-0.1, -0.05) is 23.4 Å². The van der Waals surface area contributed by atoms with Crippen LogP contribution in [0.2, 0.25) is 5.02 Å². The van der Waals surface area contributed by atoms with Crippen molar-refractivity contribution in [2.45, 2.75) is 23.1 Å². The quantitative estimate of drug-likeness (QED) is 0.678. The number of ether oxygens (including phenoxy) is 2. The molecule has 0 heterocycles. The van der Waals surface area contributed by atoms with Crippen molar-refractivity contribution in [1.29, 1.82) is 0 Å². The lowest BCUT2D eigenvalue weighted by molar-refractivity contribution is -0.117. The minimum absolute atomic E-state index is 0.0879. The zero-order valence-corrected chi connectivity index (χ0v) is 15.2. The van der Waals surface area contributed by atoms with Crippen LogP contribution in [-0.2, 0) is 9.53 Å². The van der Waals surface area contributed by atoms with Gasteiger partial charge in [-0.15, -0.1) is 0 Å². The molecule has 0 aliphatic rings. The molecule has 6 heteroatoms. The second-order valence-corrected chi connectivity index (χ2v) is 6.44. The maximum absolute atomic E-state index is 11.8. The number of benzene rings is 2. The van der Waals surface area contributed by atoms with E-state index in [4.69, 9.17) is 21.1 Å². The molecule has 24 heavy (non-hydrogen) atoms. The van der Waals surface area contributed by atoms with E-state index in [1.165, 1.54) is 0 Å². The molecule has 0 bridgehead atoms. The normalized spacial score (nSPS) is 10.5. The highest BCUT2D eigenvalue weighted by atomic mass is 35.5. The smallest absolute Gasteiger partial charge is 0.226 e. The Hall–Kier alpha value is -1.69. The van der Waals surface area contributed by atoms with Crippen LogP contribution in [0.15, 0.2) is 52.3 Å². The van der Waals surface area contributed by atoms with Crippen molar-refractivity contribution in [3.8, 4) is 5.75 Å². The summed E-state index contributed by atoms with van der Waals surface area (Å²) in [5, 5.41) is 3.41. The Bertz CT molecular complexity index is 676. The number of carbonyl (C=O) groups excluding carboxylic acids is 1. The first-order chi connectivity index (χ1) is 11.6. The molecule has 0 fully saturated rings. The van der Waals surface area contributed by atoms with Crippen molar-refractivity contribution >= 4 is 35.0 Å². The van der Waals surface area contributed by atoms with Crippen LogP contribution in [0, 0.1) is 0 Å². The van der Waals surface area contributed by atoms with Crippen LogP contribution in [0.1, 0.15) is 13.3 Å². The van der Waals surface area contributed by atoms with Crippen LogP contribution in [0.3, 0.4) is 0 Å². The molecule has 0 saturated carbocycles. The van der Waals surface area contributed by atoms with Gasteiger partial charge in [-0.05, 0) is 49.4 Å². The van der Waals surface area contributed by atoms with Gasteiger partial charge < -0.3 is 14.8 Å². The van der Waals surface area contributed by atoms with Gasteiger partial charge in [0, 0.05) is 22.1 Å². The van der Waals surface area contributed by atoms with Gasteiger partial charge in [0.25, 0.3) is 0 Å². The zero-order valence-electron chi connectivity index (χ0n) is 13.7. The van der Waals surface area contributed by atoms with Crippen LogP contribution in [0.5, 0.6) is 5.75 Å². The van der Waals surface area contributed by atoms with E-state index >= 15 is 0 Å². The minimum Gasteiger partial charge on any atom is -0.497 e. The summed E-state index contributed by atoms with van der Waals surface area (Å²) < 4.78 is 10.3. The largest absolute Gasteiger partial charge is 0.497 e. The second kappa shape index (κ2) is 9.57. The fraction of sp³-hybridized carbons (Fsp3) is 0.278. The van der Waals surface area contributed by atoms with E-state index in [0.29, 0.717) is 30.3 Å². The van der Waals surface area contributed by atoms with Crippen molar-refractivity contribution in [3.63, 3.8) is 0 Å². The Balaban J connectivity index is 1.97. The summed E-state index contributed by atoms with van der Waals surface area (Å²) in [6.07, 6.45) is 0.327. The molecule has 0 unspecified atom stereocenters. The molecule has 0 aromatic heterocycles. The summed E-state index contributed by atoms with van der Waals surface area (Å²) in [5.74, 6) is 0.727. The SMILES string of the molecule is CCOCCC(=O)Nc1ccc(Sc2ccc(OC)cc2)c(Cl)c1. The third-order valence-electron chi connectivity index (χ3n) is 3.18. The van der Waals surface area contributed by atoms with E-state index in [-0.39, 0.29) is 5.91 Å². The summed E-state index contributed by atoms with van der Waals surface area (Å²) >= 11 is 7.88. The highest BCUT2D eigenvalue weighted by molar-refractivity contribution is 7.99. The molecule has 2 rings (SSSR count). The predicted octanol–water partition coefficient (Wildman–Crippen LogP) is 4.86. The van der Waals surface area contributed by atoms with Crippen LogP contribution in [-0.4, -0.2) is 26.2 Å². The maximum atomic E-state index is 11.8. The highest BCUT2D eigenvalue weighted by Gasteiger charge is 2.07. The lowest BCUT2D eigenvalue weighted by atomic mass is 10.3. The standard InChI is InChI=1S/C18H20ClNO3S/c1-3-23-11-10-18(21)20-13-4-9-17(16(19)12-13)24-15-7-5-14(22-2)6-8-15/h4-9,12H,3,10-11H2,1-2H3,(H,20,21). The topological polar surface area (TPSA) is 47.6 Å². The molecule has 0 spiro atoms. The van der Waals surface area contributed by atoms with E-state index in [1.54, 1.807) is 24.9 Å². The first-order valence-electron chi connectivity index (χ1n) is 7.61. The maximum Gasteiger partial charge on any atom is 0.226 e. The van der Waals surface area contributed by atoms with E-state index in [0.717, 1.165) is 15.5 Å². The minimum atomic E-state index is -0.0879. The Kier molecular flexibility index (Phi) is 7.43. The molecule has 0 saturated heterocycles. The average molecular weight is 366 g/mol. The van der Waals surface area contributed by atoms with Crippen LogP contribution < -0.4 is 10.1 Å². The molecule has 0 aliphatic carbocycles. The Morgan fingerprint density at radius 3 is 2.58 bits per heavy atom. The van der Waals surface area contributed by atoms with Crippen molar-refractivity contribution < 1.29 is 14.3 Å². The number of hydrogen-bond acceptors (Lipinski definition) is 4. The predicted molar refractivity (Wildman–Crippen MR) is 98.3 cm³/mol. The monoisotopic (exact) mass is 365 g/mol. The lowest BCUT2D eigenvalue weighted by Gasteiger charge is -2.09. The van der Waals surface area contributed by atoms with Crippen LogP contribution in [0.4, 0.5) is 5.69 Å². The number of hydrogen-bond donors (Lipinski definition) is 1. The number of halogens is 1. The number of methoxy groups -OCH3 is 1. The van der Waals surface area contributed by atoms with Gasteiger partial charge in [-0.2, -0.15) is 0 Å². The zero-order chi connectivity index (χ0) is 17.4.